The highest BCUT2D eigenvalue weighted by Gasteiger charge is 2.35. The summed E-state index contributed by atoms with van der Waals surface area (Å²) in [5.41, 5.74) is 6.59. The second-order valence-corrected chi connectivity index (χ2v) is 6.62. The number of amides is 1. The molecule has 0 saturated carbocycles. The second-order valence-electron chi connectivity index (χ2n) is 6.62. The number of carbonyl (C=O) groups excluding carboxylic acids is 1. The minimum Gasteiger partial charge on any atom is -0.454 e. The van der Waals surface area contributed by atoms with Crippen LogP contribution in [-0.4, -0.2) is 53.2 Å². The molecule has 0 radical (unpaired) electrons. The minimum absolute atomic E-state index is 0.0285. The molecule has 8 nitrogen and oxygen atoms in total. The number of rotatable bonds is 5. The van der Waals surface area contributed by atoms with Crippen LogP contribution in [0.5, 0.6) is 11.5 Å². The van der Waals surface area contributed by atoms with Crippen molar-refractivity contribution in [2.24, 2.45) is 0 Å². The van der Waals surface area contributed by atoms with Crippen LogP contribution in [0, 0.1) is 0 Å². The SMILES string of the molecule is CO[C@@H]1C[C@@H](Cn2ccc(N)n2)N(C(=O)Cc2ccc3c(c2)OCO3)C1. The fourth-order valence-corrected chi connectivity index (χ4v) is 3.55. The summed E-state index contributed by atoms with van der Waals surface area (Å²) in [5, 5.41) is 4.23. The van der Waals surface area contributed by atoms with E-state index in [0.29, 0.717) is 31.1 Å². The first-order valence-electron chi connectivity index (χ1n) is 8.62. The third-order valence-corrected chi connectivity index (χ3v) is 4.88. The fourth-order valence-electron chi connectivity index (χ4n) is 3.55. The molecule has 2 aliphatic rings. The normalized spacial score (nSPS) is 21.3. The molecule has 1 fully saturated rings. The highest BCUT2D eigenvalue weighted by molar-refractivity contribution is 5.79. The Bertz CT molecular complexity index is 806. The number of ether oxygens (including phenoxy) is 3. The van der Waals surface area contributed by atoms with Crippen LogP contribution in [0.25, 0.3) is 0 Å². The van der Waals surface area contributed by atoms with Gasteiger partial charge in [0.25, 0.3) is 0 Å². The molecular formula is C18H22N4O4. The summed E-state index contributed by atoms with van der Waals surface area (Å²) in [6, 6.07) is 7.39. The van der Waals surface area contributed by atoms with Crippen molar-refractivity contribution >= 4 is 11.7 Å². The van der Waals surface area contributed by atoms with E-state index in [9.17, 15) is 4.79 Å². The van der Waals surface area contributed by atoms with E-state index in [4.69, 9.17) is 19.9 Å². The van der Waals surface area contributed by atoms with E-state index in [1.165, 1.54) is 0 Å². The van der Waals surface area contributed by atoms with Gasteiger partial charge in [-0.25, -0.2) is 0 Å². The Labute approximate surface area is 151 Å². The maximum Gasteiger partial charge on any atom is 0.231 e. The summed E-state index contributed by atoms with van der Waals surface area (Å²) in [5.74, 6) is 1.95. The van der Waals surface area contributed by atoms with Gasteiger partial charge in [0.05, 0.1) is 25.1 Å². The van der Waals surface area contributed by atoms with Crippen LogP contribution in [0.3, 0.4) is 0 Å². The van der Waals surface area contributed by atoms with Crippen molar-refractivity contribution in [1.29, 1.82) is 0 Å². The van der Waals surface area contributed by atoms with E-state index in [-0.39, 0.29) is 24.8 Å². The van der Waals surface area contributed by atoms with E-state index in [1.807, 2.05) is 29.3 Å². The number of carbonyl (C=O) groups is 1. The monoisotopic (exact) mass is 358 g/mol. The smallest absolute Gasteiger partial charge is 0.231 e. The predicted octanol–water partition coefficient (Wildman–Crippen LogP) is 1.05. The van der Waals surface area contributed by atoms with Gasteiger partial charge >= 0.3 is 0 Å². The zero-order chi connectivity index (χ0) is 18.1. The first kappa shape index (κ1) is 16.7. The molecule has 0 aliphatic carbocycles. The number of nitrogen functional groups attached to an aromatic ring is 1. The zero-order valence-corrected chi connectivity index (χ0v) is 14.6. The molecule has 1 saturated heterocycles. The Balaban J connectivity index is 1.47. The lowest BCUT2D eigenvalue weighted by Crippen LogP contribution is -2.39. The summed E-state index contributed by atoms with van der Waals surface area (Å²) >= 11 is 0. The number of aromatic nitrogens is 2. The van der Waals surface area contributed by atoms with Crippen molar-refractivity contribution in [3.8, 4) is 11.5 Å². The number of nitrogens with zero attached hydrogens (tertiary/aromatic N) is 3. The van der Waals surface area contributed by atoms with Crippen LogP contribution < -0.4 is 15.2 Å². The van der Waals surface area contributed by atoms with E-state index >= 15 is 0 Å². The van der Waals surface area contributed by atoms with Gasteiger partial charge < -0.3 is 24.8 Å². The summed E-state index contributed by atoms with van der Waals surface area (Å²) in [4.78, 5) is 14.8. The quantitative estimate of drug-likeness (QED) is 0.859. The molecule has 2 atom stereocenters. The lowest BCUT2D eigenvalue weighted by atomic mass is 10.1. The molecule has 0 unspecified atom stereocenters. The van der Waals surface area contributed by atoms with Gasteiger partial charge in [-0.1, -0.05) is 6.07 Å². The van der Waals surface area contributed by atoms with Crippen LogP contribution >= 0.6 is 0 Å². The Kier molecular flexibility index (Phi) is 4.42. The summed E-state index contributed by atoms with van der Waals surface area (Å²) < 4.78 is 18.0. The van der Waals surface area contributed by atoms with Gasteiger partial charge in [-0.2, -0.15) is 5.10 Å². The minimum atomic E-state index is 0.0285. The highest BCUT2D eigenvalue weighted by atomic mass is 16.7. The highest BCUT2D eigenvalue weighted by Crippen LogP contribution is 2.33. The molecule has 8 heteroatoms. The number of benzene rings is 1. The number of hydrogen-bond donors (Lipinski definition) is 1. The molecule has 1 amide bonds. The van der Waals surface area contributed by atoms with Crippen molar-refractivity contribution in [3.63, 3.8) is 0 Å². The summed E-state index contributed by atoms with van der Waals surface area (Å²) in [6.07, 6.45) is 2.96. The lowest BCUT2D eigenvalue weighted by molar-refractivity contribution is -0.131. The molecule has 0 bridgehead atoms. The molecule has 1 aromatic heterocycles. The molecule has 2 N–H and O–H groups in total. The number of hydrogen-bond acceptors (Lipinski definition) is 6. The van der Waals surface area contributed by atoms with Crippen LogP contribution in [-0.2, 0) is 22.5 Å². The Morgan fingerprint density at radius 2 is 2.19 bits per heavy atom. The number of methoxy groups -OCH3 is 1. The number of anilines is 1. The third-order valence-electron chi connectivity index (χ3n) is 4.88. The molecule has 3 heterocycles. The zero-order valence-electron chi connectivity index (χ0n) is 14.6. The number of nitrogens with two attached hydrogens (primary N) is 1. The summed E-state index contributed by atoms with van der Waals surface area (Å²) in [6.45, 7) is 1.41. The van der Waals surface area contributed by atoms with Crippen molar-refractivity contribution in [2.75, 3.05) is 26.2 Å². The van der Waals surface area contributed by atoms with Crippen LogP contribution in [0.1, 0.15) is 12.0 Å². The molecule has 2 aliphatic heterocycles. The van der Waals surface area contributed by atoms with Crippen LogP contribution in [0.15, 0.2) is 30.5 Å². The molecule has 26 heavy (non-hydrogen) atoms. The Morgan fingerprint density at radius 3 is 2.96 bits per heavy atom. The van der Waals surface area contributed by atoms with Crippen molar-refractivity contribution in [3.05, 3.63) is 36.0 Å². The standard InChI is InChI=1S/C18H22N4O4/c1-24-14-8-13(9-21-5-4-17(19)20-21)22(10-14)18(23)7-12-2-3-15-16(6-12)26-11-25-15/h2-6,13-14H,7-11H2,1H3,(H2,19,20)/t13-,14+/m0/s1. The van der Waals surface area contributed by atoms with Gasteiger partial charge in [0, 0.05) is 19.9 Å². The van der Waals surface area contributed by atoms with Crippen molar-refractivity contribution < 1.29 is 19.0 Å². The number of likely N-dealkylation sites (tertiary alicyclic amines) is 1. The second kappa shape index (κ2) is 6.87. The lowest BCUT2D eigenvalue weighted by Gasteiger charge is -2.24. The molecule has 1 aromatic carbocycles. The van der Waals surface area contributed by atoms with Gasteiger partial charge in [-0.15, -0.1) is 0 Å². The molecular weight excluding hydrogens is 336 g/mol. The maximum absolute atomic E-state index is 12.9. The average molecular weight is 358 g/mol. The maximum atomic E-state index is 12.9. The van der Waals surface area contributed by atoms with Crippen molar-refractivity contribution in [2.45, 2.75) is 31.5 Å². The molecule has 2 aromatic rings. The largest absolute Gasteiger partial charge is 0.454 e. The predicted molar refractivity (Wildman–Crippen MR) is 93.8 cm³/mol. The molecule has 0 spiro atoms. The van der Waals surface area contributed by atoms with Gasteiger partial charge in [0.2, 0.25) is 12.7 Å². The molecule has 4 rings (SSSR count). The van der Waals surface area contributed by atoms with E-state index in [2.05, 4.69) is 5.10 Å². The van der Waals surface area contributed by atoms with E-state index in [0.717, 1.165) is 17.7 Å². The number of fused-ring (bicyclic) bond motifs is 1. The Hall–Kier alpha value is -2.74. The third kappa shape index (κ3) is 3.32. The van der Waals surface area contributed by atoms with Gasteiger partial charge in [0.15, 0.2) is 11.5 Å². The molecule has 138 valence electrons. The van der Waals surface area contributed by atoms with Crippen molar-refractivity contribution in [1.82, 2.24) is 14.7 Å². The van der Waals surface area contributed by atoms with Gasteiger partial charge in [0.1, 0.15) is 5.82 Å². The topological polar surface area (TPSA) is 91.8 Å². The van der Waals surface area contributed by atoms with E-state index in [1.54, 1.807) is 17.9 Å². The average Bonchev–Trinajstić information content (AvgIpc) is 3.34. The van der Waals surface area contributed by atoms with Gasteiger partial charge in [-0.05, 0) is 30.2 Å². The summed E-state index contributed by atoms with van der Waals surface area (Å²) in [7, 11) is 1.68. The van der Waals surface area contributed by atoms with Gasteiger partial charge in [-0.3, -0.25) is 9.48 Å². The van der Waals surface area contributed by atoms with Crippen LogP contribution in [0.4, 0.5) is 5.82 Å². The van der Waals surface area contributed by atoms with Crippen LogP contribution in [0.2, 0.25) is 0 Å². The van der Waals surface area contributed by atoms with E-state index < -0.39 is 0 Å². The fraction of sp³-hybridized carbons (Fsp3) is 0.444. The Morgan fingerprint density at radius 1 is 1.35 bits per heavy atom. The first-order valence-corrected chi connectivity index (χ1v) is 8.62. The first-order chi connectivity index (χ1) is 12.6.